The third-order valence-electron chi connectivity index (χ3n) is 3.31. The van der Waals surface area contributed by atoms with E-state index in [0.29, 0.717) is 0 Å². The van der Waals surface area contributed by atoms with Crippen molar-refractivity contribution in [1.29, 1.82) is 0 Å². The largest absolute Gasteiger partial charge is 0.480 e. The molecule has 8 heteroatoms. The molecule has 21 heavy (non-hydrogen) atoms. The van der Waals surface area contributed by atoms with Crippen LogP contribution in [0.25, 0.3) is 0 Å². The summed E-state index contributed by atoms with van der Waals surface area (Å²) in [7, 11) is 0. The standard InChI is InChI=1S/C13H16N2O6/c1-7(14-11(17)10-3-2-4-21-10)12(18)15-6-8(16)5-9(15)13(19)20/h2-4,7-9,16H,5-6H2,1H3,(H,14,17)(H,19,20)/t7?,8-,9+/m1/s1. The van der Waals surface area contributed by atoms with Crippen LogP contribution in [0.3, 0.4) is 0 Å². The molecular weight excluding hydrogens is 280 g/mol. The fourth-order valence-corrected chi connectivity index (χ4v) is 2.28. The van der Waals surface area contributed by atoms with Crippen LogP contribution in [0.1, 0.15) is 23.9 Å². The lowest BCUT2D eigenvalue weighted by molar-refractivity contribution is -0.148. The zero-order chi connectivity index (χ0) is 15.6. The van der Waals surface area contributed by atoms with Gasteiger partial charge in [0.25, 0.3) is 5.91 Å². The molecule has 0 saturated carbocycles. The van der Waals surface area contributed by atoms with Gasteiger partial charge in [-0.1, -0.05) is 0 Å². The van der Waals surface area contributed by atoms with E-state index in [1.165, 1.54) is 19.3 Å². The maximum absolute atomic E-state index is 12.2. The molecule has 114 valence electrons. The Morgan fingerprint density at radius 3 is 2.76 bits per heavy atom. The van der Waals surface area contributed by atoms with Gasteiger partial charge in [-0.2, -0.15) is 0 Å². The molecule has 0 radical (unpaired) electrons. The first-order chi connectivity index (χ1) is 9.90. The fraction of sp³-hybridized carbons (Fsp3) is 0.462. The molecule has 0 aliphatic carbocycles. The molecular formula is C13H16N2O6. The van der Waals surface area contributed by atoms with Gasteiger partial charge in [0.05, 0.1) is 12.4 Å². The predicted molar refractivity (Wildman–Crippen MR) is 69.4 cm³/mol. The lowest BCUT2D eigenvalue weighted by Gasteiger charge is -2.24. The van der Waals surface area contributed by atoms with Crippen molar-refractivity contribution in [2.24, 2.45) is 0 Å². The highest BCUT2D eigenvalue weighted by Gasteiger charge is 2.40. The Hall–Kier alpha value is -2.35. The van der Waals surface area contributed by atoms with Crippen molar-refractivity contribution in [3.8, 4) is 0 Å². The molecule has 2 rings (SSSR count). The molecule has 1 fully saturated rings. The number of amides is 2. The molecule has 1 aromatic heterocycles. The average Bonchev–Trinajstić information content (AvgIpc) is 3.06. The number of furan rings is 1. The number of hydrogen-bond donors (Lipinski definition) is 3. The van der Waals surface area contributed by atoms with E-state index < -0.39 is 36.0 Å². The number of β-amino-alcohol motifs (C(OH)–C–C–N with tert-alkyl or cyclic N) is 1. The van der Waals surface area contributed by atoms with E-state index in [2.05, 4.69) is 5.32 Å². The van der Waals surface area contributed by atoms with Crippen molar-refractivity contribution < 1.29 is 29.0 Å². The molecule has 3 atom stereocenters. The number of carboxylic acids is 1. The normalized spacial score (nSPS) is 22.9. The monoisotopic (exact) mass is 296 g/mol. The van der Waals surface area contributed by atoms with Crippen LogP contribution >= 0.6 is 0 Å². The van der Waals surface area contributed by atoms with Crippen molar-refractivity contribution in [3.63, 3.8) is 0 Å². The second-order valence-corrected chi connectivity index (χ2v) is 4.91. The number of rotatable bonds is 4. The molecule has 1 aliphatic heterocycles. The van der Waals surface area contributed by atoms with Gasteiger partial charge < -0.3 is 24.8 Å². The van der Waals surface area contributed by atoms with Crippen molar-refractivity contribution in [1.82, 2.24) is 10.2 Å². The second-order valence-electron chi connectivity index (χ2n) is 4.91. The van der Waals surface area contributed by atoms with Gasteiger partial charge in [-0.05, 0) is 19.1 Å². The Morgan fingerprint density at radius 1 is 1.48 bits per heavy atom. The van der Waals surface area contributed by atoms with Crippen molar-refractivity contribution in [3.05, 3.63) is 24.2 Å². The summed E-state index contributed by atoms with van der Waals surface area (Å²) in [6.45, 7) is 1.39. The minimum Gasteiger partial charge on any atom is -0.480 e. The van der Waals surface area contributed by atoms with Crippen LogP contribution in [0, 0.1) is 0 Å². The topological polar surface area (TPSA) is 120 Å². The van der Waals surface area contributed by atoms with Gasteiger partial charge in [0, 0.05) is 13.0 Å². The number of likely N-dealkylation sites (tertiary alicyclic amines) is 1. The number of carbonyl (C=O) groups is 3. The highest BCUT2D eigenvalue weighted by atomic mass is 16.4. The highest BCUT2D eigenvalue weighted by Crippen LogP contribution is 2.19. The smallest absolute Gasteiger partial charge is 0.326 e. The number of nitrogens with zero attached hydrogens (tertiary/aromatic N) is 1. The molecule has 1 saturated heterocycles. The zero-order valence-corrected chi connectivity index (χ0v) is 11.4. The van der Waals surface area contributed by atoms with E-state index in [0.717, 1.165) is 4.90 Å². The predicted octanol–water partition coefficient (Wildman–Crippen LogP) is -0.556. The minimum atomic E-state index is -1.18. The number of aliphatic carboxylic acids is 1. The first kappa shape index (κ1) is 15.0. The van der Waals surface area contributed by atoms with Crippen molar-refractivity contribution in [2.45, 2.75) is 31.5 Å². The summed E-state index contributed by atoms with van der Waals surface area (Å²) in [4.78, 5) is 36.1. The number of aliphatic hydroxyl groups excluding tert-OH is 1. The van der Waals surface area contributed by atoms with E-state index in [-0.39, 0.29) is 18.7 Å². The van der Waals surface area contributed by atoms with Crippen LogP contribution in [-0.2, 0) is 9.59 Å². The maximum Gasteiger partial charge on any atom is 0.326 e. The van der Waals surface area contributed by atoms with Crippen LogP contribution in [-0.4, -0.2) is 57.6 Å². The van der Waals surface area contributed by atoms with Gasteiger partial charge in [0.15, 0.2) is 5.76 Å². The molecule has 1 aliphatic rings. The number of carboxylic acid groups (broad SMARTS) is 1. The summed E-state index contributed by atoms with van der Waals surface area (Å²) in [5.41, 5.74) is 0. The number of hydrogen-bond acceptors (Lipinski definition) is 5. The lowest BCUT2D eigenvalue weighted by atomic mass is 10.2. The van der Waals surface area contributed by atoms with Gasteiger partial charge in [0.2, 0.25) is 5.91 Å². The molecule has 1 aromatic rings. The number of aliphatic hydroxyl groups is 1. The van der Waals surface area contributed by atoms with Crippen LogP contribution < -0.4 is 5.32 Å². The molecule has 8 nitrogen and oxygen atoms in total. The molecule has 2 amide bonds. The summed E-state index contributed by atoms with van der Waals surface area (Å²) in [6.07, 6.45) is 0.446. The van der Waals surface area contributed by atoms with Crippen LogP contribution in [0.2, 0.25) is 0 Å². The molecule has 0 spiro atoms. The van der Waals surface area contributed by atoms with E-state index in [1.54, 1.807) is 6.07 Å². The Morgan fingerprint density at radius 2 is 2.19 bits per heavy atom. The van der Waals surface area contributed by atoms with E-state index >= 15 is 0 Å². The summed E-state index contributed by atoms with van der Waals surface area (Å²) in [5, 5.41) is 21.0. The first-order valence-corrected chi connectivity index (χ1v) is 6.46. The van der Waals surface area contributed by atoms with E-state index in [1.807, 2.05) is 0 Å². The van der Waals surface area contributed by atoms with Crippen LogP contribution in [0.4, 0.5) is 0 Å². The van der Waals surface area contributed by atoms with Crippen LogP contribution in [0.5, 0.6) is 0 Å². The summed E-state index contributed by atoms with van der Waals surface area (Å²) in [6, 6.07) is 0.996. The first-order valence-electron chi connectivity index (χ1n) is 6.46. The zero-order valence-electron chi connectivity index (χ0n) is 11.4. The summed E-state index contributed by atoms with van der Waals surface area (Å²) in [5.74, 6) is -2.23. The highest BCUT2D eigenvalue weighted by molar-refractivity contribution is 5.96. The molecule has 2 heterocycles. The van der Waals surface area contributed by atoms with Gasteiger partial charge in [0.1, 0.15) is 12.1 Å². The molecule has 1 unspecified atom stereocenters. The molecule has 3 N–H and O–H groups in total. The Balaban J connectivity index is 2.02. The number of nitrogens with one attached hydrogen (secondary N) is 1. The Labute approximate surface area is 120 Å². The Bertz CT molecular complexity index is 541. The maximum atomic E-state index is 12.2. The lowest BCUT2D eigenvalue weighted by Crippen LogP contribution is -2.50. The summed E-state index contributed by atoms with van der Waals surface area (Å²) >= 11 is 0. The summed E-state index contributed by atoms with van der Waals surface area (Å²) < 4.78 is 4.91. The number of carbonyl (C=O) groups excluding carboxylic acids is 2. The SMILES string of the molecule is CC(NC(=O)c1ccco1)C(=O)N1C[C@H](O)C[C@H]1C(=O)O. The van der Waals surface area contributed by atoms with Gasteiger partial charge in [-0.3, -0.25) is 9.59 Å². The quantitative estimate of drug-likeness (QED) is 0.685. The minimum absolute atomic E-state index is 0.0140. The second kappa shape index (κ2) is 5.96. The van der Waals surface area contributed by atoms with Crippen LogP contribution in [0.15, 0.2) is 22.8 Å². The van der Waals surface area contributed by atoms with Gasteiger partial charge >= 0.3 is 5.97 Å². The van der Waals surface area contributed by atoms with E-state index in [4.69, 9.17) is 9.52 Å². The van der Waals surface area contributed by atoms with Crippen molar-refractivity contribution in [2.75, 3.05) is 6.54 Å². The molecule has 0 bridgehead atoms. The third-order valence-corrected chi connectivity index (χ3v) is 3.31. The van der Waals surface area contributed by atoms with Crippen molar-refractivity contribution >= 4 is 17.8 Å². The molecule has 0 aromatic carbocycles. The van der Waals surface area contributed by atoms with Gasteiger partial charge in [-0.15, -0.1) is 0 Å². The van der Waals surface area contributed by atoms with Gasteiger partial charge in [-0.25, -0.2) is 4.79 Å². The average molecular weight is 296 g/mol. The van der Waals surface area contributed by atoms with E-state index in [9.17, 15) is 19.5 Å². The fourth-order valence-electron chi connectivity index (χ4n) is 2.28. The third kappa shape index (κ3) is 3.22. The Kier molecular flexibility index (Phi) is 4.27.